The van der Waals surface area contributed by atoms with Crippen LogP contribution in [0.25, 0.3) is 0 Å². The first-order valence-corrected chi connectivity index (χ1v) is 7.41. The normalized spacial score (nSPS) is 23.3. The van der Waals surface area contributed by atoms with Gasteiger partial charge in [-0.15, -0.1) is 0 Å². The van der Waals surface area contributed by atoms with Crippen LogP contribution in [0.2, 0.25) is 0 Å². The van der Waals surface area contributed by atoms with Gasteiger partial charge in [-0.1, -0.05) is 13.5 Å². The predicted octanol–water partition coefficient (Wildman–Crippen LogP) is 3.09. The molecule has 18 heavy (non-hydrogen) atoms. The second-order valence-corrected chi connectivity index (χ2v) is 5.79. The van der Waals surface area contributed by atoms with Crippen LogP contribution >= 0.6 is 0 Å². The van der Waals surface area contributed by atoms with Crippen LogP contribution in [0.4, 0.5) is 0 Å². The third-order valence-electron chi connectivity index (χ3n) is 4.25. The van der Waals surface area contributed by atoms with Crippen molar-refractivity contribution in [3.05, 3.63) is 12.4 Å². The smallest absolute Gasteiger partial charge is 0.123 e. The Morgan fingerprint density at radius 2 is 1.61 bits per heavy atom. The van der Waals surface area contributed by atoms with Crippen LogP contribution in [0.5, 0.6) is 0 Å². The van der Waals surface area contributed by atoms with Gasteiger partial charge < -0.3 is 9.80 Å². The quantitative estimate of drug-likeness (QED) is 0.553. The molecule has 0 amide bonds. The zero-order valence-corrected chi connectivity index (χ0v) is 12.0. The molecule has 2 fully saturated rings. The van der Waals surface area contributed by atoms with E-state index < -0.39 is 0 Å². The van der Waals surface area contributed by atoms with Crippen molar-refractivity contribution in [2.45, 2.75) is 46.0 Å². The lowest BCUT2D eigenvalue weighted by atomic mass is 9.99. The molecular formula is C15H27N3. The zero-order chi connectivity index (χ0) is 13.0. The summed E-state index contributed by atoms with van der Waals surface area (Å²) in [7, 11) is 0. The minimum atomic E-state index is 0.862. The van der Waals surface area contributed by atoms with Crippen molar-refractivity contribution in [1.82, 2.24) is 9.80 Å². The van der Waals surface area contributed by atoms with Crippen LogP contribution in [-0.4, -0.2) is 41.8 Å². The van der Waals surface area contributed by atoms with Crippen molar-refractivity contribution in [3.8, 4) is 0 Å². The van der Waals surface area contributed by atoms with E-state index in [0.717, 1.165) is 30.7 Å². The molecule has 2 aliphatic heterocycles. The summed E-state index contributed by atoms with van der Waals surface area (Å²) in [5.74, 6) is 2.98. The molecule has 3 nitrogen and oxygen atoms in total. The number of aliphatic imine (C=N–C) groups is 1. The van der Waals surface area contributed by atoms with E-state index in [1.54, 1.807) is 0 Å². The Kier molecular flexibility index (Phi) is 4.67. The molecule has 3 heteroatoms. The minimum absolute atomic E-state index is 0.862. The molecule has 0 aromatic carbocycles. The fourth-order valence-corrected chi connectivity index (χ4v) is 2.81. The van der Waals surface area contributed by atoms with Gasteiger partial charge in [0.15, 0.2) is 0 Å². The molecule has 2 aliphatic rings. The van der Waals surface area contributed by atoms with E-state index in [1.165, 1.54) is 45.2 Å². The second kappa shape index (κ2) is 6.26. The van der Waals surface area contributed by atoms with Crippen molar-refractivity contribution >= 4 is 5.84 Å². The van der Waals surface area contributed by atoms with E-state index in [9.17, 15) is 0 Å². The van der Waals surface area contributed by atoms with Crippen LogP contribution in [0.3, 0.4) is 0 Å². The molecule has 2 heterocycles. The first-order chi connectivity index (χ1) is 8.66. The summed E-state index contributed by atoms with van der Waals surface area (Å²) in [6, 6.07) is 0. The maximum atomic E-state index is 4.72. The number of hydrogen-bond acceptors (Lipinski definition) is 2. The first-order valence-electron chi connectivity index (χ1n) is 7.41. The second-order valence-electron chi connectivity index (χ2n) is 5.79. The zero-order valence-electron chi connectivity index (χ0n) is 12.0. The third-order valence-corrected chi connectivity index (χ3v) is 4.25. The summed E-state index contributed by atoms with van der Waals surface area (Å²) < 4.78 is 0. The lowest BCUT2D eigenvalue weighted by Crippen LogP contribution is -2.36. The van der Waals surface area contributed by atoms with E-state index in [1.807, 2.05) is 0 Å². The van der Waals surface area contributed by atoms with E-state index >= 15 is 0 Å². The van der Waals surface area contributed by atoms with Crippen LogP contribution in [0.1, 0.15) is 46.0 Å². The van der Waals surface area contributed by atoms with Gasteiger partial charge in [0.25, 0.3) is 0 Å². The lowest BCUT2D eigenvalue weighted by molar-refractivity contribution is 0.235. The Bertz CT molecular complexity index is 308. The number of nitrogens with zero attached hydrogens (tertiary/aromatic N) is 3. The highest BCUT2D eigenvalue weighted by molar-refractivity contribution is 5.80. The number of hydrogen-bond donors (Lipinski definition) is 0. The van der Waals surface area contributed by atoms with Crippen molar-refractivity contribution in [2.75, 3.05) is 26.2 Å². The maximum Gasteiger partial charge on any atom is 0.123 e. The van der Waals surface area contributed by atoms with Crippen LogP contribution < -0.4 is 0 Å². The summed E-state index contributed by atoms with van der Waals surface area (Å²) in [5.41, 5.74) is 0. The summed E-state index contributed by atoms with van der Waals surface area (Å²) in [4.78, 5) is 9.47. The molecule has 0 radical (unpaired) electrons. The molecule has 0 spiro atoms. The third kappa shape index (κ3) is 3.50. The van der Waals surface area contributed by atoms with Gasteiger partial charge in [-0.05, 0) is 44.9 Å². The van der Waals surface area contributed by atoms with Crippen molar-refractivity contribution in [3.63, 3.8) is 0 Å². The van der Waals surface area contributed by atoms with Crippen molar-refractivity contribution in [1.29, 1.82) is 0 Å². The predicted molar refractivity (Wildman–Crippen MR) is 77.6 cm³/mol. The molecule has 0 saturated carbocycles. The fraction of sp³-hybridized carbons (Fsp3) is 0.800. The molecule has 0 aromatic heterocycles. The Hall–Kier alpha value is -0.990. The average Bonchev–Trinajstić information content (AvgIpc) is 2.40. The van der Waals surface area contributed by atoms with E-state index in [4.69, 9.17) is 4.99 Å². The van der Waals surface area contributed by atoms with Crippen molar-refractivity contribution in [2.24, 2.45) is 10.9 Å². The SMILES string of the molecule is C=C(N=C(C)N1CCCCC1)N1CCC(C)CC1. The van der Waals surface area contributed by atoms with Gasteiger partial charge in [0.1, 0.15) is 11.7 Å². The molecule has 2 rings (SSSR count). The van der Waals surface area contributed by atoms with Gasteiger partial charge in [-0.25, -0.2) is 4.99 Å². The average molecular weight is 249 g/mol. The van der Waals surface area contributed by atoms with Crippen molar-refractivity contribution < 1.29 is 0 Å². The van der Waals surface area contributed by atoms with E-state index in [0.29, 0.717) is 0 Å². The summed E-state index contributed by atoms with van der Waals surface area (Å²) in [6.45, 7) is 13.2. The van der Waals surface area contributed by atoms with Gasteiger partial charge in [-0.2, -0.15) is 0 Å². The fourth-order valence-electron chi connectivity index (χ4n) is 2.81. The number of rotatable bonds is 2. The molecule has 0 aliphatic carbocycles. The van der Waals surface area contributed by atoms with Crippen LogP contribution in [-0.2, 0) is 0 Å². The van der Waals surface area contributed by atoms with Gasteiger partial charge in [-0.3, -0.25) is 0 Å². The van der Waals surface area contributed by atoms with Gasteiger partial charge >= 0.3 is 0 Å². The highest BCUT2D eigenvalue weighted by Crippen LogP contribution is 2.20. The first kappa shape index (κ1) is 13.4. The molecule has 0 N–H and O–H groups in total. The maximum absolute atomic E-state index is 4.72. The summed E-state index contributed by atoms with van der Waals surface area (Å²) in [5, 5.41) is 0. The monoisotopic (exact) mass is 249 g/mol. The number of piperidine rings is 2. The largest absolute Gasteiger partial charge is 0.360 e. The molecule has 2 saturated heterocycles. The Morgan fingerprint density at radius 3 is 2.22 bits per heavy atom. The highest BCUT2D eigenvalue weighted by atomic mass is 15.3. The standard InChI is InChI=1S/C15H27N3/c1-13-7-11-18(12-8-13)15(3)16-14(2)17-9-5-4-6-10-17/h13H,3-12H2,1-2H3. The minimum Gasteiger partial charge on any atom is -0.360 e. The molecule has 0 unspecified atom stereocenters. The number of amidine groups is 1. The lowest BCUT2D eigenvalue weighted by Gasteiger charge is -2.33. The molecule has 0 bridgehead atoms. The summed E-state index contributed by atoms with van der Waals surface area (Å²) >= 11 is 0. The Labute approximate surface area is 112 Å². The van der Waals surface area contributed by atoms with Crippen LogP contribution in [0, 0.1) is 5.92 Å². The molecule has 102 valence electrons. The van der Waals surface area contributed by atoms with Gasteiger partial charge in [0.2, 0.25) is 0 Å². The van der Waals surface area contributed by atoms with Gasteiger partial charge in [0, 0.05) is 26.2 Å². The van der Waals surface area contributed by atoms with E-state index in [-0.39, 0.29) is 0 Å². The van der Waals surface area contributed by atoms with E-state index in [2.05, 4.69) is 30.2 Å². The Balaban J connectivity index is 1.88. The summed E-state index contributed by atoms with van der Waals surface area (Å²) in [6.07, 6.45) is 6.53. The number of likely N-dealkylation sites (tertiary alicyclic amines) is 2. The Morgan fingerprint density at radius 1 is 1.00 bits per heavy atom. The van der Waals surface area contributed by atoms with Crippen LogP contribution in [0.15, 0.2) is 17.4 Å². The highest BCUT2D eigenvalue weighted by Gasteiger charge is 2.17. The molecule has 0 atom stereocenters. The molecular weight excluding hydrogens is 222 g/mol. The topological polar surface area (TPSA) is 18.8 Å². The molecule has 0 aromatic rings. The van der Waals surface area contributed by atoms with Gasteiger partial charge in [0.05, 0.1) is 0 Å².